The molecule has 1 aliphatic heterocycles. The van der Waals surface area contributed by atoms with Gasteiger partial charge in [0.1, 0.15) is 5.82 Å². The molecular formula is C22H25FN2O2. The van der Waals surface area contributed by atoms with Gasteiger partial charge in [0, 0.05) is 50.3 Å². The minimum absolute atomic E-state index is 0.0101. The molecule has 1 aliphatic rings. The van der Waals surface area contributed by atoms with Gasteiger partial charge in [-0.15, -0.1) is 0 Å². The molecule has 0 N–H and O–H groups in total. The zero-order valence-electron chi connectivity index (χ0n) is 15.7. The number of hydrogen-bond donors (Lipinski definition) is 0. The third-order valence-corrected chi connectivity index (χ3v) is 5.07. The molecule has 1 saturated heterocycles. The van der Waals surface area contributed by atoms with Gasteiger partial charge in [0.15, 0.2) is 5.78 Å². The molecule has 0 saturated carbocycles. The molecule has 1 fully saturated rings. The smallest absolute Gasteiger partial charge is 0.223 e. The largest absolute Gasteiger partial charge is 0.368 e. The first kappa shape index (κ1) is 19.1. The van der Waals surface area contributed by atoms with Gasteiger partial charge in [0.25, 0.3) is 0 Å². The van der Waals surface area contributed by atoms with Crippen LogP contribution in [0.5, 0.6) is 0 Å². The lowest BCUT2D eigenvalue weighted by atomic mass is 10.0. The first-order valence-electron chi connectivity index (χ1n) is 9.47. The number of piperazine rings is 1. The summed E-state index contributed by atoms with van der Waals surface area (Å²) in [5.41, 5.74) is 2.83. The number of anilines is 1. The van der Waals surface area contributed by atoms with Gasteiger partial charge in [0.05, 0.1) is 0 Å². The zero-order chi connectivity index (χ0) is 19.2. The summed E-state index contributed by atoms with van der Waals surface area (Å²) in [7, 11) is 0. The first-order chi connectivity index (χ1) is 13.1. The quantitative estimate of drug-likeness (QED) is 0.730. The van der Waals surface area contributed by atoms with Crippen molar-refractivity contribution in [1.82, 2.24) is 4.90 Å². The number of amides is 1. The first-order valence-corrected chi connectivity index (χ1v) is 9.47. The molecule has 142 valence electrons. The van der Waals surface area contributed by atoms with Gasteiger partial charge in [-0.1, -0.05) is 31.2 Å². The fourth-order valence-electron chi connectivity index (χ4n) is 3.32. The number of benzene rings is 2. The fraction of sp³-hybridized carbons (Fsp3) is 0.364. The molecule has 2 aromatic carbocycles. The van der Waals surface area contributed by atoms with Gasteiger partial charge in [-0.3, -0.25) is 9.59 Å². The summed E-state index contributed by atoms with van der Waals surface area (Å²) in [4.78, 5) is 28.7. The van der Waals surface area contributed by atoms with E-state index in [1.807, 2.05) is 29.2 Å². The van der Waals surface area contributed by atoms with E-state index >= 15 is 0 Å². The molecule has 0 bridgehead atoms. The maximum Gasteiger partial charge on any atom is 0.223 e. The van der Waals surface area contributed by atoms with Crippen molar-refractivity contribution in [3.8, 4) is 0 Å². The molecule has 0 unspecified atom stereocenters. The topological polar surface area (TPSA) is 40.6 Å². The van der Waals surface area contributed by atoms with E-state index in [-0.39, 0.29) is 30.3 Å². The Balaban J connectivity index is 1.46. The van der Waals surface area contributed by atoms with Crippen LogP contribution in [0.2, 0.25) is 0 Å². The lowest BCUT2D eigenvalue weighted by Crippen LogP contribution is -2.48. The zero-order valence-corrected chi connectivity index (χ0v) is 15.7. The molecule has 0 spiro atoms. The summed E-state index contributed by atoms with van der Waals surface area (Å²) < 4.78 is 13.0. The van der Waals surface area contributed by atoms with Crippen LogP contribution in [-0.2, 0) is 11.2 Å². The normalized spacial score (nSPS) is 14.3. The van der Waals surface area contributed by atoms with Gasteiger partial charge in [-0.05, 0) is 36.2 Å². The Bertz CT molecular complexity index is 779. The van der Waals surface area contributed by atoms with E-state index in [9.17, 15) is 14.0 Å². The van der Waals surface area contributed by atoms with E-state index in [2.05, 4.69) is 11.8 Å². The number of rotatable bonds is 6. The highest BCUT2D eigenvalue weighted by atomic mass is 19.1. The average Bonchev–Trinajstić information content (AvgIpc) is 2.72. The Morgan fingerprint density at radius 2 is 1.52 bits per heavy atom. The van der Waals surface area contributed by atoms with Gasteiger partial charge in [-0.25, -0.2) is 4.39 Å². The van der Waals surface area contributed by atoms with E-state index in [4.69, 9.17) is 0 Å². The molecule has 0 aromatic heterocycles. The van der Waals surface area contributed by atoms with Crippen molar-refractivity contribution >= 4 is 17.4 Å². The predicted molar refractivity (Wildman–Crippen MR) is 105 cm³/mol. The summed E-state index contributed by atoms with van der Waals surface area (Å²) in [6, 6.07) is 14.0. The highest BCUT2D eigenvalue weighted by Crippen LogP contribution is 2.17. The minimum Gasteiger partial charge on any atom is -0.368 e. The van der Waals surface area contributed by atoms with Crippen LogP contribution in [0.15, 0.2) is 48.5 Å². The third-order valence-electron chi connectivity index (χ3n) is 5.07. The lowest BCUT2D eigenvalue weighted by Gasteiger charge is -2.36. The molecule has 0 radical (unpaired) electrons. The summed E-state index contributed by atoms with van der Waals surface area (Å²) in [6.45, 7) is 4.74. The van der Waals surface area contributed by atoms with Gasteiger partial charge in [-0.2, -0.15) is 0 Å². The number of aryl methyl sites for hydroxylation is 1. The van der Waals surface area contributed by atoms with Crippen molar-refractivity contribution < 1.29 is 14.0 Å². The van der Waals surface area contributed by atoms with Crippen molar-refractivity contribution in [2.45, 2.75) is 26.2 Å². The second kappa shape index (κ2) is 8.80. The van der Waals surface area contributed by atoms with Crippen LogP contribution in [0.4, 0.5) is 10.1 Å². The number of carbonyl (C=O) groups excluding carboxylic acids is 2. The standard InChI is InChI=1S/C22H25FN2O2/c1-2-17-3-5-18(6-4-17)21(26)11-12-22(27)25-15-13-24(14-16-25)20-9-7-19(23)8-10-20/h3-10H,2,11-16H2,1H3. The Morgan fingerprint density at radius 3 is 2.11 bits per heavy atom. The molecule has 5 heteroatoms. The molecule has 1 amide bonds. The van der Waals surface area contributed by atoms with Gasteiger partial charge >= 0.3 is 0 Å². The van der Waals surface area contributed by atoms with Gasteiger partial charge in [0.2, 0.25) is 5.91 Å². The maximum absolute atomic E-state index is 13.0. The van der Waals surface area contributed by atoms with E-state index in [0.717, 1.165) is 12.1 Å². The van der Waals surface area contributed by atoms with E-state index in [0.29, 0.717) is 31.7 Å². The van der Waals surface area contributed by atoms with Crippen LogP contribution in [0.25, 0.3) is 0 Å². The molecule has 1 heterocycles. The van der Waals surface area contributed by atoms with Crippen molar-refractivity contribution in [2.24, 2.45) is 0 Å². The number of hydrogen-bond acceptors (Lipinski definition) is 3. The lowest BCUT2D eigenvalue weighted by molar-refractivity contribution is -0.131. The predicted octanol–water partition coefficient (Wildman–Crippen LogP) is 3.70. The van der Waals surface area contributed by atoms with E-state index in [1.54, 1.807) is 12.1 Å². The number of carbonyl (C=O) groups is 2. The highest BCUT2D eigenvalue weighted by molar-refractivity contribution is 5.98. The molecule has 0 aliphatic carbocycles. The van der Waals surface area contributed by atoms with E-state index in [1.165, 1.54) is 17.7 Å². The monoisotopic (exact) mass is 368 g/mol. The van der Waals surface area contributed by atoms with Crippen LogP contribution >= 0.6 is 0 Å². The Kier molecular flexibility index (Phi) is 6.22. The Morgan fingerprint density at radius 1 is 0.889 bits per heavy atom. The molecule has 4 nitrogen and oxygen atoms in total. The second-order valence-electron chi connectivity index (χ2n) is 6.82. The molecule has 3 rings (SSSR count). The molecule has 0 atom stereocenters. The van der Waals surface area contributed by atoms with Crippen LogP contribution < -0.4 is 4.90 Å². The van der Waals surface area contributed by atoms with Crippen LogP contribution in [0.3, 0.4) is 0 Å². The van der Waals surface area contributed by atoms with Crippen LogP contribution in [0.1, 0.15) is 35.7 Å². The molecular weight excluding hydrogens is 343 g/mol. The molecule has 2 aromatic rings. The summed E-state index contributed by atoms with van der Waals surface area (Å²) in [5.74, 6) is -0.218. The van der Waals surface area contributed by atoms with Crippen molar-refractivity contribution in [2.75, 3.05) is 31.1 Å². The summed E-state index contributed by atoms with van der Waals surface area (Å²) in [6.07, 6.45) is 1.42. The third kappa shape index (κ3) is 4.94. The number of halogens is 1. The highest BCUT2D eigenvalue weighted by Gasteiger charge is 2.22. The number of Topliss-reactive ketones (excluding diaryl/α,β-unsaturated/α-hetero) is 1. The average molecular weight is 368 g/mol. The summed E-state index contributed by atoms with van der Waals surface area (Å²) in [5, 5.41) is 0. The Hall–Kier alpha value is -2.69. The number of nitrogens with zero attached hydrogens (tertiary/aromatic N) is 2. The van der Waals surface area contributed by atoms with Crippen LogP contribution in [0, 0.1) is 5.82 Å². The summed E-state index contributed by atoms with van der Waals surface area (Å²) >= 11 is 0. The minimum atomic E-state index is -0.249. The van der Waals surface area contributed by atoms with E-state index < -0.39 is 0 Å². The molecule has 27 heavy (non-hydrogen) atoms. The van der Waals surface area contributed by atoms with Gasteiger partial charge < -0.3 is 9.80 Å². The van der Waals surface area contributed by atoms with Crippen LogP contribution in [-0.4, -0.2) is 42.8 Å². The van der Waals surface area contributed by atoms with Crippen molar-refractivity contribution in [3.63, 3.8) is 0 Å². The van der Waals surface area contributed by atoms with Crippen molar-refractivity contribution in [1.29, 1.82) is 0 Å². The van der Waals surface area contributed by atoms with Crippen molar-refractivity contribution in [3.05, 3.63) is 65.5 Å². The number of ketones is 1. The second-order valence-corrected chi connectivity index (χ2v) is 6.82. The SMILES string of the molecule is CCc1ccc(C(=O)CCC(=O)N2CCN(c3ccc(F)cc3)CC2)cc1. The Labute approximate surface area is 159 Å². The maximum atomic E-state index is 13.0. The fourth-order valence-corrected chi connectivity index (χ4v) is 3.32.